The summed E-state index contributed by atoms with van der Waals surface area (Å²) in [6, 6.07) is 41.8. The van der Waals surface area contributed by atoms with E-state index in [1.54, 1.807) is 0 Å². The summed E-state index contributed by atoms with van der Waals surface area (Å²) in [7, 11) is -0.0460. The molecule has 0 saturated heterocycles. The largest absolute Gasteiger partial charge is 0.504 e. The minimum Gasteiger partial charge on any atom is -0.504 e. The molecular formula is C33H27N4PtSi-3. The summed E-state index contributed by atoms with van der Waals surface area (Å²) in [6.07, 6.45) is 1.85. The van der Waals surface area contributed by atoms with E-state index in [2.05, 4.69) is 143 Å². The van der Waals surface area contributed by atoms with E-state index < -0.39 is 8.07 Å². The Labute approximate surface area is 244 Å². The van der Waals surface area contributed by atoms with Gasteiger partial charge in [-0.15, -0.1) is 11.1 Å². The molecule has 196 valence electrons. The Kier molecular flexibility index (Phi) is 6.45. The molecule has 0 saturated carbocycles. The average Bonchev–Trinajstić information content (AvgIpc) is 3.48. The number of aromatic nitrogens is 2. The monoisotopic (exact) mass is 702 g/mol. The van der Waals surface area contributed by atoms with Crippen LogP contribution in [0.2, 0.25) is 13.1 Å². The van der Waals surface area contributed by atoms with Crippen molar-refractivity contribution in [2.24, 2.45) is 0 Å². The van der Waals surface area contributed by atoms with Crippen LogP contribution < -0.4 is 20.2 Å². The van der Waals surface area contributed by atoms with Crippen molar-refractivity contribution in [3.63, 3.8) is 0 Å². The summed E-state index contributed by atoms with van der Waals surface area (Å²) in [5.41, 5.74) is 5.65. The molecule has 1 aliphatic rings. The molecule has 0 radical (unpaired) electrons. The van der Waals surface area contributed by atoms with E-state index in [0.717, 1.165) is 22.5 Å². The number of fused-ring (bicyclic) bond motifs is 4. The van der Waals surface area contributed by atoms with Gasteiger partial charge in [-0.25, -0.2) is 4.98 Å². The van der Waals surface area contributed by atoms with Crippen LogP contribution in [0, 0.1) is 18.8 Å². The molecule has 3 heterocycles. The SMILES string of the molecule is CN1[CH-]N(c2[c-]c([Si](C)(C)c3[c-]c4c(cc3)c3ccccc3n4-c3ccccn3)ccc2)c2ccccc21.[Pt]. The molecule has 0 aliphatic carbocycles. The van der Waals surface area contributed by atoms with E-state index in [1.807, 2.05) is 18.3 Å². The molecule has 6 heteroatoms. The van der Waals surface area contributed by atoms with Crippen LogP contribution in [-0.2, 0) is 21.1 Å². The molecule has 4 nitrogen and oxygen atoms in total. The minimum atomic E-state index is -2.14. The second-order valence-corrected chi connectivity index (χ2v) is 14.7. The summed E-state index contributed by atoms with van der Waals surface area (Å²) in [5, 5.41) is 4.92. The third-order valence-electron chi connectivity index (χ3n) is 7.66. The molecule has 7 rings (SSSR count). The standard InChI is InChI=1S/C33H27N4Si.Pt/c1-35-23-36(31-16-7-6-15-30(31)35)24-11-10-12-25(21-24)38(2,3)26-18-19-28-27-13-4-5-14-29(27)37(32(28)22-26)33-17-8-9-20-34-33;/h4-20,23H,1-3H3;/q-3;. The fraction of sp³-hybridized carbons (Fsp3) is 0.0909. The Hall–Kier alpha value is -3.66. The molecule has 4 aromatic carbocycles. The number of rotatable bonds is 4. The number of benzene rings is 4. The van der Waals surface area contributed by atoms with E-state index in [9.17, 15) is 0 Å². The van der Waals surface area contributed by atoms with Crippen LogP contribution >= 0.6 is 0 Å². The second kappa shape index (κ2) is 9.82. The number of anilines is 3. The number of pyridine rings is 1. The first-order chi connectivity index (χ1) is 18.5. The van der Waals surface area contributed by atoms with E-state index in [-0.39, 0.29) is 21.1 Å². The van der Waals surface area contributed by atoms with Crippen LogP contribution in [0.5, 0.6) is 0 Å². The van der Waals surface area contributed by atoms with Gasteiger partial charge < -0.3 is 14.4 Å². The molecule has 0 amide bonds. The molecule has 0 unspecified atom stereocenters. The van der Waals surface area contributed by atoms with Crippen LogP contribution in [0.1, 0.15) is 0 Å². The second-order valence-electron chi connectivity index (χ2n) is 10.3. The van der Waals surface area contributed by atoms with E-state index in [4.69, 9.17) is 0 Å². The first-order valence-electron chi connectivity index (χ1n) is 12.9. The minimum absolute atomic E-state index is 0. The number of hydrogen-bond acceptors (Lipinski definition) is 3. The molecular weight excluding hydrogens is 676 g/mol. The van der Waals surface area contributed by atoms with Gasteiger partial charge in [0.25, 0.3) is 0 Å². The average molecular weight is 703 g/mol. The van der Waals surface area contributed by atoms with Gasteiger partial charge in [0.2, 0.25) is 0 Å². The van der Waals surface area contributed by atoms with Crippen LogP contribution in [0.25, 0.3) is 27.6 Å². The molecule has 0 N–H and O–H groups in total. The molecule has 0 bridgehead atoms. The van der Waals surface area contributed by atoms with Crippen LogP contribution in [0.4, 0.5) is 17.1 Å². The zero-order valence-electron chi connectivity index (χ0n) is 22.0. The number of hydrogen-bond donors (Lipinski definition) is 0. The Morgan fingerprint density at radius 2 is 1.46 bits per heavy atom. The van der Waals surface area contributed by atoms with Crippen molar-refractivity contribution in [3.05, 3.63) is 122 Å². The fourth-order valence-corrected chi connectivity index (χ4v) is 7.72. The predicted molar refractivity (Wildman–Crippen MR) is 161 cm³/mol. The maximum Gasteiger partial charge on any atom is 0.135 e. The topological polar surface area (TPSA) is 24.3 Å². The van der Waals surface area contributed by atoms with Crippen molar-refractivity contribution < 1.29 is 21.1 Å². The van der Waals surface area contributed by atoms with Gasteiger partial charge in [0.05, 0.1) is 8.07 Å². The third-order valence-corrected chi connectivity index (χ3v) is 10.9. The van der Waals surface area contributed by atoms with Gasteiger partial charge in [0.15, 0.2) is 0 Å². The molecule has 6 aromatic rings. The van der Waals surface area contributed by atoms with E-state index in [1.165, 1.54) is 32.5 Å². The first-order valence-corrected chi connectivity index (χ1v) is 15.9. The van der Waals surface area contributed by atoms with Gasteiger partial charge in [0, 0.05) is 44.2 Å². The summed E-state index contributed by atoms with van der Waals surface area (Å²) in [4.78, 5) is 9.08. The molecule has 2 aromatic heterocycles. The molecule has 0 spiro atoms. The van der Waals surface area contributed by atoms with Crippen LogP contribution in [0.3, 0.4) is 0 Å². The van der Waals surface area contributed by atoms with Gasteiger partial charge in [-0.1, -0.05) is 55.0 Å². The van der Waals surface area contributed by atoms with Crippen molar-refractivity contribution in [3.8, 4) is 5.82 Å². The normalized spacial score (nSPS) is 13.1. The first kappa shape index (κ1) is 25.6. The van der Waals surface area contributed by atoms with Crippen LogP contribution in [0.15, 0.2) is 103 Å². The summed E-state index contributed by atoms with van der Waals surface area (Å²) >= 11 is 0. The summed E-state index contributed by atoms with van der Waals surface area (Å²) in [6.45, 7) is 6.92. The maximum atomic E-state index is 4.69. The predicted octanol–water partition coefficient (Wildman–Crippen LogP) is 6.31. The third kappa shape index (κ3) is 4.12. The quantitative estimate of drug-likeness (QED) is 0.159. The van der Waals surface area contributed by atoms with Gasteiger partial charge >= 0.3 is 0 Å². The zero-order valence-corrected chi connectivity index (χ0v) is 25.3. The zero-order chi connectivity index (χ0) is 25.9. The summed E-state index contributed by atoms with van der Waals surface area (Å²) < 4.78 is 2.24. The summed E-state index contributed by atoms with van der Waals surface area (Å²) in [5.74, 6) is 0.910. The van der Waals surface area contributed by atoms with Crippen molar-refractivity contribution in [2.45, 2.75) is 13.1 Å². The van der Waals surface area contributed by atoms with E-state index >= 15 is 0 Å². The number of para-hydroxylation sites is 3. The van der Waals surface area contributed by atoms with Gasteiger partial charge in [-0.2, -0.15) is 59.5 Å². The maximum absolute atomic E-state index is 4.69. The van der Waals surface area contributed by atoms with Gasteiger partial charge in [-0.05, 0) is 42.8 Å². The van der Waals surface area contributed by atoms with Crippen LogP contribution in [-0.4, -0.2) is 24.7 Å². The molecule has 39 heavy (non-hydrogen) atoms. The molecule has 0 atom stereocenters. The Balaban J connectivity index is 0.00000277. The van der Waals surface area contributed by atoms with Gasteiger partial charge in [0.1, 0.15) is 5.82 Å². The van der Waals surface area contributed by atoms with Crippen molar-refractivity contribution in [2.75, 3.05) is 16.8 Å². The molecule has 1 aliphatic heterocycles. The Morgan fingerprint density at radius 1 is 0.718 bits per heavy atom. The smallest absolute Gasteiger partial charge is 0.135 e. The number of nitrogens with zero attached hydrogens (tertiary/aromatic N) is 4. The van der Waals surface area contributed by atoms with Crippen molar-refractivity contribution >= 4 is 57.3 Å². The Morgan fingerprint density at radius 3 is 2.28 bits per heavy atom. The fourth-order valence-electron chi connectivity index (χ4n) is 5.54. The molecule has 0 fully saturated rings. The van der Waals surface area contributed by atoms with Crippen molar-refractivity contribution in [1.29, 1.82) is 0 Å². The van der Waals surface area contributed by atoms with E-state index in [0.29, 0.717) is 0 Å². The van der Waals surface area contributed by atoms with Gasteiger partial charge in [-0.3, -0.25) is 0 Å². The Bertz CT molecular complexity index is 1810. The van der Waals surface area contributed by atoms with Crippen molar-refractivity contribution in [1.82, 2.24) is 9.55 Å².